The van der Waals surface area contributed by atoms with Gasteiger partial charge in [0.2, 0.25) is 5.91 Å². The topological polar surface area (TPSA) is 56.8 Å². The molecule has 6 nitrogen and oxygen atoms in total. The highest BCUT2D eigenvalue weighted by atomic mass is 19.2. The summed E-state index contributed by atoms with van der Waals surface area (Å²) in [5, 5.41) is 0. The molecular weight excluding hydrogens is 402 g/mol. The highest BCUT2D eigenvalue weighted by Crippen LogP contribution is 2.27. The summed E-state index contributed by atoms with van der Waals surface area (Å²) in [7, 11) is 1.99. The van der Waals surface area contributed by atoms with Crippen molar-refractivity contribution in [1.29, 1.82) is 0 Å². The molecule has 0 unspecified atom stereocenters. The lowest BCUT2D eigenvalue weighted by molar-refractivity contribution is -0.118. The van der Waals surface area contributed by atoms with Gasteiger partial charge in [-0.05, 0) is 56.7 Å². The number of carbonyl (C=O) groups is 2. The fourth-order valence-corrected chi connectivity index (χ4v) is 3.80. The summed E-state index contributed by atoms with van der Waals surface area (Å²) in [5.41, 5.74) is 1.15. The number of nitrogens with zero attached hydrogens (tertiary/aromatic N) is 4. The van der Waals surface area contributed by atoms with Crippen LogP contribution in [0.15, 0.2) is 36.7 Å². The third kappa shape index (κ3) is 5.64. The number of hydrogen-bond acceptors (Lipinski definition) is 4. The number of benzene rings is 1. The number of carbonyl (C=O) groups excluding carboxylic acids is 2. The standard InChI is InChI=1S/C23H28F2N4O2/c1-3-22(30)29-12-6-10-27(2)9-5-11-28(23(31)17-7-4-8-26-15-17)16-18-13-19(24)20(25)14-21(18)29/h4,7-8,13-15H,3,5-6,9-12,16H2,1-2H3. The molecule has 0 saturated heterocycles. The first-order valence-corrected chi connectivity index (χ1v) is 10.6. The Kier molecular flexibility index (Phi) is 7.68. The number of fused-ring (bicyclic) bond motifs is 1. The van der Waals surface area contributed by atoms with E-state index in [0.29, 0.717) is 36.3 Å². The normalized spacial score (nSPS) is 16.3. The zero-order valence-corrected chi connectivity index (χ0v) is 18.0. The second-order valence-electron chi connectivity index (χ2n) is 7.77. The van der Waals surface area contributed by atoms with E-state index in [1.54, 1.807) is 30.2 Å². The Morgan fingerprint density at radius 2 is 1.77 bits per heavy atom. The van der Waals surface area contributed by atoms with E-state index in [0.717, 1.165) is 31.6 Å². The summed E-state index contributed by atoms with van der Waals surface area (Å²) in [4.78, 5) is 35.1. The van der Waals surface area contributed by atoms with Gasteiger partial charge in [0.05, 0.1) is 11.3 Å². The molecule has 0 aliphatic carbocycles. The Hall–Kier alpha value is -2.87. The van der Waals surface area contributed by atoms with E-state index < -0.39 is 11.6 Å². The summed E-state index contributed by atoms with van der Waals surface area (Å²) in [6.45, 7) is 4.18. The molecule has 166 valence electrons. The van der Waals surface area contributed by atoms with Gasteiger partial charge in [0.1, 0.15) is 0 Å². The molecule has 0 fully saturated rings. The highest BCUT2D eigenvalue weighted by molar-refractivity contribution is 5.95. The number of pyridine rings is 1. The number of aromatic nitrogens is 1. The Balaban J connectivity index is 2.04. The van der Waals surface area contributed by atoms with Crippen molar-refractivity contribution in [3.05, 3.63) is 59.4 Å². The van der Waals surface area contributed by atoms with Gasteiger partial charge in [0.15, 0.2) is 11.6 Å². The van der Waals surface area contributed by atoms with Crippen LogP contribution in [0.25, 0.3) is 0 Å². The van der Waals surface area contributed by atoms with Crippen molar-refractivity contribution in [1.82, 2.24) is 14.8 Å². The van der Waals surface area contributed by atoms with Gasteiger partial charge in [-0.1, -0.05) is 6.92 Å². The number of halogens is 2. The molecule has 0 bridgehead atoms. The van der Waals surface area contributed by atoms with Gasteiger partial charge in [-0.3, -0.25) is 14.6 Å². The van der Waals surface area contributed by atoms with Gasteiger partial charge in [0, 0.05) is 44.5 Å². The second kappa shape index (κ2) is 10.4. The Morgan fingerprint density at radius 1 is 1.06 bits per heavy atom. The van der Waals surface area contributed by atoms with E-state index in [1.807, 2.05) is 7.05 Å². The second-order valence-corrected chi connectivity index (χ2v) is 7.77. The fourth-order valence-electron chi connectivity index (χ4n) is 3.80. The Morgan fingerprint density at radius 3 is 2.45 bits per heavy atom. The monoisotopic (exact) mass is 430 g/mol. The molecule has 0 saturated carbocycles. The van der Waals surface area contributed by atoms with Crippen LogP contribution < -0.4 is 4.90 Å². The molecule has 2 amide bonds. The van der Waals surface area contributed by atoms with Crippen LogP contribution in [0.3, 0.4) is 0 Å². The SMILES string of the molecule is CCC(=O)N1CCCN(C)CCCN(C(=O)c2cccnc2)Cc2cc(F)c(F)cc21. The molecule has 0 atom stereocenters. The summed E-state index contributed by atoms with van der Waals surface area (Å²) in [5.74, 6) is -2.42. The van der Waals surface area contributed by atoms with E-state index >= 15 is 0 Å². The zero-order chi connectivity index (χ0) is 22.4. The largest absolute Gasteiger partial charge is 0.334 e. The van der Waals surface area contributed by atoms with E-state index in [-0.39, 0.29) is 24.8 Å². The van der Waals surface area contributed by atoms with Crippen LogP contribution in [-0.4, -0.2) is 59.8 Å². The quantitative estimate of drug-likeness (QED) is 0.732. The number of amides is 2. The number of anilines is 1. The minimum absolute atomic E-state index is 0.0669. The predicted molar refractivity (Wildman–Crippen MR) is 115 cm³/mol. The maximum atomic E-state index is 14.2. The van der Waals surface area contributed by atoms with Crippen molar-refractivity contribution >= 4 is 17.5 Å². The van der Waals surface area contributed by atoms with Crippen molar-refractivity contribution in [2.75, 3.05) is 38.1 Å². The summed E-state index contributed by atoms with van der Waals surface area (Å²) < 4.78 is 28.4. The van der Waals surface area contributed by atoms with Gasteiger partial charge in [0.25, 0.3) is 5.91 Å². The van der Waals surface area contributed by atoms with E-state index in [4.69, 9.17) is 0 Å². The first kappa shape index (κ1) is 22.8. The third-order valence-electron chi connectivity index (χ3n) is 5.46. The zero-order valence-electron chi connectivity index (χ0n) is 18.0. The molecule has 1 aromatic heterocycles. The van der Waals surface area contributed by atoms with Crippen molar-refractivity contribution in [3.8, 4) is 0 Å². The number of hydrogen-bond donors (Lipinski definition) is 0. The van der Waals surface area contributed by atoms with Crippen LogP contribution in [0, 0.1) is 11.6 Å². The Bertz CT molecular complexity index is 923. The van der Waals surface area contributed by atoms with Crippen LogP contribution in [0.2, 0.25) is 0 Å². The molecule has 1 aliphatic rings. The molecule has 0 radical (unpaired) electrons. The Labute approximate surface area is 181 Å². The molecule has 0 spiro atoms. The minimum Gasteiger partial charge on any atom is -0.334 e. The molecule has 3 rings (SSSR count). The molecule has 2 aromatic rings. The number of rotatable bonds is 2. The van der Waals surface area contributed by atoms with Gasteiger partial charge >= 0.3 is 0 Å². The van der Waals surface area contributed by atoms with E-state index in [9.17, 15) is 18.4 Å². The van der Waals surface area contributed by atoms with Gasteiger partial charge in [-0.25, -0.2) is 8.78 Å². The minimum atomic E-state index is -1.01. The smallest absolute Gasteiger partial charge is 0.255 e. The lowest BCUT2D eigenvalue weighted by Gasteiger charge is -2.31. The third-order valence-corrected chi connectivity index (χ3v) is 5.46. The lowest BCUT2D eigenvalue weighted by Crippen LogP contribution is -2.38. The lowest BCUT2D eigenvalue weighted by atomic mass is 10.1. The average molecular weight is 430 g/mol. The molecular formula is C23H28F2N4O2. The van der Waals surface area contributed by atoms with Crippen LogP contribution >= 0.6 is 0 Å². The van der Waals surface area contributed by atoms with E-state index in [2.05, 4.69) is 9.88 Å². The summed E-state index contributed by atoms with van der Waals surface area (Å²) in [6, 6.07) is 5.53. The van der Waals surface area contributed by atoms with Crippen molar-refractivity contribution < 1.29 is 18.4 Å². The first-order chi connectivity index (χ1) is 14.9. The van der Waals surface area contributed by atoms with Crippen LogP contribution in [0.4, 0.5) is 14.5 Å². The maximum absolute atomic E-state index is 14.2. The first-order valence-electron chi connectivity index (χ1n) is 10.6. The van der Waals surface area contributed by atoms with Gasteiger partial charge in [-0.2, -0.15) is 0 Å². The average Bonchev–Trinajstić information content (AvgIpc) is 2.77. The molecule has 8 heteroatoms. The molecule has 0 N–H and O–H groups in total. The van der Waals surface area contributed by atoms with Gasteiger partial charge < -0.3 is 14.7 Å². The van der Waals surface area contributed by atoms with Crippen LogP contribution in [0.5, 0.6) is 0 Å². The maximum Gasteiger partial charge on any atom is 0.255 e. The van der Waals surface area contributed by atoms with Crippen molar-refractivity contribution in [3.63, 3.8) is 0 Å². The molecule has 1 aliphatic heterocycles. The highest BCUT2D eigenvalue weighted by Gasteiger charge is 2.24. The van der Waals surface area contributed by atoms with Crippen molar-refractivity contribution in [2.24, 2.45) is 0 Å². The summed E-state index contributed by atoms with van der Waals surface area (Å²) in [6.07, 6.45) is 4.76. The van der Waals surface area contributed by atoms with Crippen LogP contribution in [0.1, 0.15) is 42.1 Å². The van der Waals surface area contributed by atoms with Crippen LogP contribution in [-0.2, 0) is 11.3 Å². The molecule has 1 aromatic carbocycles. The predicted octanol–water partition coefficient (Wildman–Crippen LogP) is 3.47. The van der Waals surface area contributed by atoms with Gasteiger partial charge in [-0.15, -0.1) is 0 Å². The van der Waals surface area contributed by atoms with Crippen molar-refractivity contribution in [2.45, 2.75) is 32.7 Å². The molecule has 2 heterocycles. The fraction of sp³-hybridized carbons (Fsp3) is 0.435. The molecule has 31 heavy (non-hydrogen) atoms. The van der Waals surface area contributed by atoms with E-state index in [1.165, 1.54) is 11.1 Å². The summed E-state index contributed by atoms with van der Waals surface area (Å²) >= 11 is 0.